The summed E-state index contributed by atoms with van der Waals surface area (Å²) < 4.78 is 26.7. The molecule has 164 valence electrons. The summed E-state index contributed by atoms with van der Waals surface area (Å²) >= 11 is 1.41. The molecule has 3 aromatic rings. The number of imide groups is 1. The van der Waals surface area contributed by atoms with Crippen molar-refractivity contribution in [2.75, 3.05) is 31.1 Å². The van der Waals surface area contributed by atoms with Crippen LogP contribution in [0.2, 0.25) is 0 Å². The molecule has 0 N–H and O–H groups in total. The third kappa shape index (κ3) is 3.78. The average Bonchev–Trinajstić information content (AvgIpc) is 3.40. The number of carbonyl (C=O) groups excluding carboxylic acids is 2. The van der Waals surface area contributed by atoms with Crippen molar-refractivity contribution in [2.24, 2.45) is 0 Å². The third-order valence-electron chi connectivity index (χ3n) is 5.86. The van der Waals surface area contributed by atoms with Crippen LogP contribution in [-0.2, 0) is 13.1 Å². The maximum Gasteiger partial charge on any atom is 0.264 e. The number of fused-ring (bicyclic) bond motifs is 1. The first kappa shape index (κ1) is 20.7. The van der Waals surface area contributed by atoms with E-state index in [2.05, 4.69) is 14.8 Å². The van der Waals surface area contributed by atoms with E-state index in [0.29, 0.717) is 48.9 Å². The summed E-state index contributed by atoms with van der Waals surface area (Å²) in [6.45, 7) is 3.42. The molecule has 2 aliphatic rings. The van der Waals surface area contributed by atoms with Crippen LogP contribution in [0.15, 0.2) is 48.0 Å². The standard InChI is InChI=1S/C23H20F2N4O2S/c24-17-5-4-15(12-18(17)25)13-27-7-9-28(10-8-27)19-3-1-2-16-21(19)23(31)29(22(16)30)14-20-26-6-11-32-20/h1-6,11-12H,7-10,13-14H2. The Morgan fingerprint density at radius 3 is 2.47 bits per heavy atom. The number of carbonyl (C=O) groups is 2. The molecule has 6 nitrogen and oxygen atoms in total. The van der Waals surface area contributed by atoms with Gasteiger partial charge in [0.15, 0.2) is 11.6 Å². The molecular weight excluding hydrogens is 434 g/mol. The molecule has 32 heavy (non-hydrogen) atoms. The first-order chi connectivity index (χ1) is 15.5. The summed E-state index contributed by atoms with van der Waals surface area (Å²) in [7, 11) is 0. The monoisotopic (exact) mass is 454 g/mol. The highest BCUT2D eigenvalue weighted by atomic mass is 32.1. The fraction of sp³-hybridized carbons (Fsp3) is 0.261. The second-order valence-corrected chi connectivity index (χ2v) is 8.81. The summed E-state index contributed by atoms with van der Waals surface area (Å²) in [6.07, 6.45) is 1.66. The molecule has 0 saturated carbocycles. The minimum Gasteiger partial charge on any atom is -0.368 e. The number of thiazole rings is 1. The average molecular weight is 455 g/mol. The van der Waals surface area contributed by atoms with E-state index < -0.39 is 11.6 Å². The van der Waals surface area contributed by atoms with Gasteiger partial charge in [0, 0.05) is 44.3 Å². The van der Waals surface area contributed by atoms with Crippen LogP contribution in [0.25, 0.3) is 0 Å². The second-order valence-electron chi connectivity index (χ2n) is 7.83. The van der Waals surface area contributed by atoms with Crippen molar-refractivity contribution in [2.45, 2.75) is 13.1 Å². The third-order valence-corrected chi connectivity index (χ3v) is 6.62. The molecule has 0 atom stereocenters. The van der Waals surface area contributed by atoms with Gasteiger partial charge in [-0.15, -0.1) is 11.3 Å². The molecule has 9 heteroatoms. The van der Waals surface area contributed by atoms with Gasteiger partial charge >= 0.3 is 0 Å². The van der Waals surface area contributed by atoms with Crippen LogP contribution in [0.5, 0.6) is 0 Å². The van der Waals surface area contributed by atoms with Crippen LogP contribution in [0, 0.1) is 11.6 Å². The number of benzene rings is 2. The Morgan fingerprint density at radius 1 is 0.938 bits per heavy atom. The Morgan fingerprint density at radius 2 is 1.75 bits per heavy atom. The molecule has 3 heterocycles. The van der Waals surface area contributed by atoms with E-state index in [9.17, 15) is 18.4 Å². The predicted molar refractivity (Wildman–Crippen MR) is 117 cm³/mol. The van der Waals surface area contributed by atoms with E-state index in [1.165, 1.54) is 22.3 Å². The highest BCUT2D eigenvalue weighted by Crippen LogP contribution is 2.33. The van der Waals surface area contributed by atoms with E-state index in [1.54, 1.807) is 24.4 Å². The van der Waals surface area contributed by atoms with Gasteiger partial charge in [0.05, 0.1) is 23.4 Å². The summed E-state index contributed by atoms with van der Waals surface area (Å²) in [5, 5.41) is 2.53. The molecule has 0 aliphatic carbocycles. The first-order valence-electron chi connectivity index (χ1n) is 10.3. The fourth-order valence-electron chi connectivity index (χ4n) is 4.23. The zero-order valence-electron chi connectivity index (χ0n) is 17.1. The normalized spacial score (nSPS) is 16.7. The Balaban J connectivity index is 1.30. The zero-order valence-corrected chi connectivity index (χ0v) is 17.9. The van der Waals surface area contributed by atoms with Crippen molar-refractivity contribution in [1.82, 2.24) is 14.8 Å². The maximum absolute atomic E-state index is 13.5. The number of hydrogen-bond acceptors (Lipinski definition) is 6. The van der Waals surface area contributed by atoms with E-state index in [4.69, 9.17) is 0 Å². The quantitative estimate of drug-likeness (QED) is 0.552. The number of piperazine rings is 1. The summed E-state index contributed by atoms with van der Waals surface area (Å²) in [5.74, 6) is -2.27. The minimum absolute atomic E-state index is 0.172. The van der Waals surface area contributed by atoms with Crippen molar-refractivity contribution in [3.8, 4) is 0 Å². The molecular formula is C23H20F2N4O2S. The van der Waals surface area contributed by atoms with Crippen LogP contribution >= 0.6 is 11.3 Å². The van der Waals surface area contributed by atoms with E-state index in [1.807, 2.05) is 11.4 Å². The zero-order chi connectivity index (χ0) is 22.2. The first-order valence-corrected chi connectivity index (χ1v) is 11.2. The lowest BCUT2D eigenvalue weighted by atomic mass is 10.1. The molecule has 0 spiro atoms. The van der Waals surface area contributed by atoms with Crippen LogP contribution < -0.4 is 4.90 Å². The van der Waals surface area contributed by atoms with Crippen molar-refractivity contribution in [3.63, 3.8) is 0 Å². The molecule has 2 amide bonds. The van der Waals surface area contributed by atoms with Crippen molar-refractivity contribution in [3.05, 3.63) is 81.3 Å². The summed E-state index contributed by atoms with van der Waals surface area (Å²) in [4.78, 5) is 35.7. The van der Waals surface area contributed by atoms with Crippen molar-refractivity contribution < 1.29 is 18.4 Å². The molecule has 2 aliphatic heterocycles. The van der Waals surface area contributed by atoms with Gasteiger partial charge in [-0.3, -0.25) is 19.4 Å². The lowest BCUT2D eigenvalue weighted by Crippen LogP contribution is -2.46. The van der Waals surface area contributed by atoms with Gasteiger partial charge in [-0.25, -0.2) is 13.8 Å². The number of hydrogen-bond donors (Lipinski definition) is 0. The SMILES string of the molecule is O=C1c2cccc(N3CCN(Cc4ccc(F)c(F)c4)CC3)c2C(=O)N1Cc1nccs1. The highest BCUT2D eigenvalue weighted by molar-refractivity contribution is 7.09. The molecule has 0 bridgehead atoms. The molecule has 1 fully saturated rings. The topological polar surface area (TPSA) is 56.8 Å². The molecule has 5 rings (SSSR count). The number of nitrogens with zero attached hydrogens (tertiary/aromatic N) is 4. The van der Waals surface area contributed by atoms with Crippen molar-refractivity contribution >= 4 is 28.8 Å². The Hall–Kier alpha value is -3.17. The number of amides is 2. The van der Waals surface area contributed by atoms with E-state index in [-0.39, 0.29) is 18.4 Å². The summed E-state index contributed by atoms with van der Waals surface area (Å²) in [5.41, 5.74) is 2.35. The molecule has 2 aromatic carbocycles. The fourth-order valence-corrected chi connectivity index (χ4v) is 4.84. The molecule has 0 radical (unpaired) electrons. The smallest absolute Gasteiger partial charge is 0.264 e. The van der Waals surface area contributed by atoms with Gasteiger partial charge in [-0.2, -0.15) is 0 Å². The Labute approximate surface area is 187 Å². The minimum atomic E-state index is -0.848. The number of rotatable bonds is 5. The maximum atomic E-state index is 13.5. The molecule has 0 unspecified atom stereocenters. The van der Waals surface area contributed by atoms with Gasteiger partial charge in [-0.1, -0.05) is 12.1 Å². The largest absolute Gasteiger partial charge is 0.368 e. The van der Waals surface area contributed by atoms with E-state index >= 15 is 0 Å². The second kappa shape index (κ2) is 8.40. The highest BCUT2D eigenvalue weighted by Gasteiger charge is 2.39. The van der Waals surface area contributed by atoms with Crippen LogP contribution in [0.4, 0.5) is 14.5 Å². The number of halogens is 2. The number of anilines is 1. The van der Waals surface area contributed by atoms with Crippen molar-refractivity contribution in [1.29, 1.82) is 0 Å². The molecule has 1 aromatic heterocycles. The van der Waals surface area contributed by atoms with Gasteiger partial charge in [0.2, 0.25) is 0 Å². The van der Waals surface area contributed by atoms with Gasteiger partial charge in [-0.05, 0) is 29.8 Å². The van der Waals surface area contributed by atoms with Gasteiger partial charge < -0.3 is 4.90 Å². The van der Waals surface area contributed by atoms with Crippen LogP contribution in [-0.4, -0.2) is 52.8 Å². The Kier molecular flexibility index (Phi) is 5.44. The lowest BCUT2D eigenvalue weighted by molar-refractivity contribution is 0.0642. The number of aromatic nitrogens is 1. The van der Waals surface area contributed by atoms with Gasteiger partial charge in [0.25, 0.3) is 11.8 Å². The van der Waals surface area contributed by atoms with Crippen LogP contribution in [0.3, 0.4) is 0 Å². The lowest BCUT2D eigenvalue weighted by Gasteiger charge is -2.36. The predicted octanol–water partition coefficient (Wildman–Crippen LogP) is 3.54. The van der Waals surface area contributed by atoms with E-state index in [0.717, 1.165) is 17.3 Å². The van der Waals surface area contributed by atoms with Gasteiger partial charge in [0.1, 0.15) is 5.01 Å². The molecule has 1 saturated heterocycles. The Bertz CT molecular complexity index is 1180. The van der Waals surface area contributed by atoms with Crippen LogP contribution in [0.1, 0.15) is 31.3 Å². The summed E-state index contributed by atoms with van der Waals surface area (Å²) in [6, 6.07) is 9.35.